The minimum Gasteiger partial charge on any atom is -0.300 e. The van der Waals surface area contributed by atoms with Crippen LogP contribution in [0.3, 0.4) is 0 Å². The normalized spacial score (nSPS) is 33.8. The van der Waals surface area contributed by atoms with Crippen molar-refractivity contribution >= 4 is 0 Å². The van der Waals surface area contributed by atoms with Crippen molar-refractivity contribution in [3.05, 3.63) is 0 Å². The summed E-state index contributed by atoms with van der Waals surface area (Å²) < 4.78 is 0. The van der Waals surface area contributed by atoms with E-state index in [-0.39, 0.29) is 0 Å². The second-order valence-electron chi connectivity index (χ2n) is 4.70. The Bertz CT molecular complexity index is 154. The molecule has 1 aliphatic carbocycles. The summed E-state index contributed by atoms with van der Waals surface area (Å²) in [5, 5.41) is 0. The van der Waals surface area contributed by atoms with Crippen molar-refractivity contribution in [3.63, 3.8) is 0 Å². The average Bonchev–Trinajstić information content (AvgIpc) is 2.39. The van der Waals surface area contributed by atoms with E-state index in [1.165, 1.54) is 38.5 Å². The number of likely N-dealkylation sites (tertiary alicyclic amines) is 1. The van der Waals surface area contributed by atoms with Gasteiger partial charge in [0.2, 0.25) is 0 Å². The van der Waals surface area contributed by atoms with Gasteiger partial charge in [0.25, 0.3) is 0 Å². The van der Waals surface area contributed by atoms with Gasteiger partial charge < -0.3 is 4.90 Å². The minimum absolute atomic E-state index is 0.837. The van der Waals surface area contributed by atoms with Crippen molar-refractivity contribution in [2.75, 3.05) is 7.05 Å². The summed E-state index contributed by atoms with van der Waals surface area (Å²) in [5.74, 6) is 1.04. The van der Waals surface area contributed by atoms with E-state index in [2.05, 4.69) is 18.9 Å². The summed E-state index contributed by atoms with van der Waals surface area (Å²) in [6.45, 7) is 10.4. The highest BCUT2D eigenvalue weighted by Crippen LogP contribution is 2.36. The van der Waals surface area contributed by atoms with Crippen molar-refractivity contribution in [1.29, 1.82) is 0 Å². The lowest BCUT2D eigenvalue weighted by Crippen LogP contribution is -2.48. The molecule has 0 aromatic heterocycles. The Labute approximate surface area is 104 Å². The lowest BCUT2D eigenvalue weighted by atomic mass is 9.77. The van der Waals surface area contributed by atoms with Gasteiger partial charge in [-0.2, -0.15) is 0 Å². The Morgan fingerprint density at radius 3 is 2.00 bits per heavy atom. The largest absolute Gasteiger partial charge is 0.300 e. The number of hydrogen-bond donors (Lipinski definition) is 0. The first kappa shape index (κ1) is 16.0. The van der Waals surface area contributed by atoms with E-state index < -0.39 is 0 Å². The molecule has 0 spiro atoms. The van der Waals surface area contributed by atoms with Crippen molar-refractivity contribution < 1.29 is 0 Å². The molecule has 3 unspecified atom stereocenters. The molecule has 0 amide bonds. The molecule has 0 N–H and O–H groups in total. The molecule has 98 valence electrons. The molecular weight excluding hydrogens is 194 g/mol. The van der Waals surface area contributed by atoms with Crippen LogP contribution in [0, 0.1) is 5.92 Å². The lowest BCUT2D eigenvalue weighted by molar-refractivity contribution is 0.0447. The van der Waals surface area contributed by atoms with Gasteiger partial charge in [0, 0.05) is 12.1 Å². The van der Waals surface area contributed by atoms with Gasteiger partial charge in [-0.15, -0.1) is 0 Å². The first-order chi connectivity index (χ1) is 7.79. The molecule has 2 fully saturated rings. The summed E-state index contributed by atoms with van der Waals surface area (Å²) in [6, 6.07) is 1.77. The third-order valence-corrected chi connectivity index (χ3v) is 4.04. The van der Waals surface area contributed by atoms with Gasteiger partial charge in [0.05, 0.1) is 0 Å². The van der Waals surface area contributed by atoms with E-state index in [1.54, 1.807) is 0 Å². The summed E-state index contributed by atoms with van der Waals surface area (Å²) in [6.07, 6.45) is 8.85. The highest BCUT2D eigenvalue weighted by molar-refractivity contribution is 4.88. The van der Waals surface area contributed by atoms with E-state index in [0.717, 1.165) is 18.0 Å². The minimum atomic E-state index is 0.837. The van der Waals surface area contributed by atoms with Gasteiger partial charge in [0.1, 0.15) is 0 Å². The molecule has 3 atom stereocenters. The molecule has 1 saturated carbocycles. The molecule has 16 heavy (non-hydrogen) atoms. The molecule has 0 bridgehead atoms. The SMILES string of the molecule is CC.CC.CC1CCC2CCCCC2N1C. The smallest absolute Gasteiger partial charge is 0.0123 e. The third kappa shape index (κ3) is 4.08. The van der Waals surface area contributed by atoms with Crippen LogP contribution in [0.15, 0.2) is 0 Å². The van der Waals surface area contributed by atoms with Crippen LogP contribution in [0.2, 0.25) is 0 Å². The number of nitrogens with zero attached hydrogens (tertiary/aromatic N) is 1. The Morgan fingerprint density at radius 2 is 1.38 bits per heavy atom. The highest BCUT2D eigenvalue weighted by atomic mass is 15.2. The van der Waals surface area contributed by atoms with Gasteiger partial charge in [-0.25, -0.2) is 0 Å². The van der Waals surface area contributed by atoms with E-state index in [0.29, 0.717) is 0 Å². The second-order valence-corrected chi connectivity index (χ2v) is 4.70. The van der Waals surface area contributed by atoms with Crippen LogP contribution in [0.1, 0.15) is 73.1 Å². The summed E-state index contributed by atoms with van der Waals surface area (Å²) >= 11 is 0. The molecular formula is C15H33N. The number of fused-ring (bicyclic) bond motifs is 1. The van der Waals surface area contributed by atoms with Gasteiger partial charge in [-0.1, -0.05) is 40.5 Å². The maximum Gasteiger partial charge on any atom is 0.0123 e. The first-order valence-corrected chi connectivity index (χ1v) is 7.51. The van der Waals surface area contributed by atoms with Crippen LogP contribution >= 0.6 is 0 Å². The second kappa shape index (κ2) is 9.04. The number of hydrogen-bond acceptors (Lipinski definition) is 1. The van der Waals surface area contributed by atoms with Gasteiger partial charge in [0.15, 0.2) is 0 Å². The van der Waals surface area contributed by atoms with Crippen molar-refractivity contribution in [2.24, 2.45) is 5.92 Å². The number of piperidine rings is 1. The predicted molar refractivity (Wildman–Crippen MR) is 74.9 cm³/mol. The topological polar surface area (TPSA) is 3.24 Å². The number of rotatable bonds is 0. The third-order valence-electron chi connectivity index (χ3n) is 4.04. The quantitative estimate of drug-likeness (QED) is 0.579. The molecule has 1 heterocycles. The zero-order valence-corrected chi connectivity index (χ0v) is 12.4. The summed E-state index contributed by atoms with van der Waals surface area (Å²) in [4.78, 5) is 2.63. The van der Waals surface area contributed by atoms with E-state index in [1.807, 2.05) is 27.7 Å². The zero-order valence-electron chi connectivity index (χ0n) is 12.4. The Kier molecular flexibility index (Phi) is 9.02. The van der Waals surface area contributed by atoms with E-state index in [9.17, 15) is 0 Å². The average molecular weight is 227 g/mol. The van der Waals surface area contributed by atoms with Crippen LogP contribution in [0.25, 0.3) is 0 Å². The van der Waals surface area contributed by atoms with Crippen LogP contribution in [0.4, 0.5) is 0 Å². The zero-order chi connectivity index (χ0) is 12.6. The van der Waals surface area contributed by atoms with Crippen molar-refractivity contribution in [1.82, 2.24) is 4.90 Å². The lowest BCUT2D eigenvalue weighted by Gasteiger charge is -2.45. The molecule has 0 aromatic carbocycles. The van der Waals surface area contributed by atoms with Crippen LogP contribution in [-0.2, 0) is 0 Å². The molecule has 1 saturated heterocycles. The predicted octanol–water partition coefficient (Wildman–Crippen LogP) is 4.71. The van der Waals surface area contributed by atoms with Crippen molar-refractivity contribution in [2.45, 2.75) is 85.2 Å². The van der Waals surface area contributed by atoms with Crippen LogP contribution < -0.4 is 0 Å². The summed E-state index contributed by atoms with van der Waals surface area (Å²) in [7, 11) is 2.33. The standard InChI is InChI=1S/C11H21N.2C2H6/c1-9-7-8-10-5-3-4-6-11(10)12(9)2;2*1-2/h9-11H,3-8H2,1-2H3;2*1-2H3. The van der Waals surface area contributed by atoms with Gasteiger partial charge in [-0.05, 0) is 45.6 Å². The van der Waals surface area contributed by atoms with Crippen LogP contribution in [-0.4, -0.2) is 24.0 Å². The Hall–Kier alpha value is -0.0400. The molecule has 2 rings (SSSR count). The molecule has 1 aliphatic heterocycles. The van der Waals surface area contributed by atoms with Crippen molar-refractivity contribution in [3.8, 4) is 0 Å². The first-order valence-electron chi connectivity index (χ1n) is 7.51. The molecule has 2 aliphatic rings. The fraction of sp³-hybridized carbons (Fsp3) is 1.00. The fourth-order valence-electron chi connectivity index (χ4n) is 3.05. The maximum atomic E-state index is 2.63. The maximum absolute atomic E-state index is 2.63. The Morgan fingerprint density at radius 1 is 0.812 bits per heavy atom. The van der Waals surface area contributed by atoms with Crippen LogP contribution in [0.5, 0.6) is 0 Å². The van der Waals surface area contributed by atoms with E-state index in [4.69, 9.17) is 0 Å². The molecule has 0 radical (unpaired) electrons. The fourth-order valence-corrected chi connectivity index (χ4v) is 3.05. The molecule has 1 nitrogen and oxygen atoms in total. The van der Waals surface area contributed by atoms with E-state index >= 15 is 0 Å². The summed E-state index contributed by atoms with van der Waals surface area (Å²) in [5.41, 5.74) is 0. The Balaban J connectivity index is 0.000000509. The molecule has 1 heteroatoms. The van der Waals surface area contributed by atoms with Gasteiger partial charge in [-0.3, -0.25) is 0 Å². The molecule has 0 aromatic rings. The highest BCUT2D eigenvalue weighted by Gasteiger charge is 2.34. The monoisotopic (exact) mass is 227 g/mol. The van der Waals surface area contributed by atoms with Gasteiger partial charge >= 0.3 is 0 Å².